The molecule has 0 aliphatic heterocycles. The summed E-state index contributed by atoms with van der Waals surface area (Å²) in [7, 11) is 0. The highest BCUT2D eigenvalue weighted by molar-refractivity contribution is 5.98. The Kier molecular flexibility index (Phi) is 6.36. The standard InChI is InChI=1S/C22H29F3N4O2/c1-13-6-4-5-7-17(13)29-12-16(18(26)30)19(28-29)27-15-10-8-14(9-11-15)21(2,3)20(31)22(23,24)25/h8-13,17,20,31H,4-7H2,1-3H3,(H2,26,30)(H,27,28). The predicted molar refractivity (Wildman–Crippen MR) is 112 cm³/mol. The summed E-state index contributed by atoms with van der Waals surface area (Å²) >= 11 is 0. The van der Waals surface area contributed by atoms with E-state index in [1.165, 1.54) is 32.4 Å². The summed E-state index contributed by atoms with van der Waals surface area (Å²) in [5, 5.41) is 17.3. The van der Waals surface area contributed by atoms with Crippen molar-refractivity contribution < 1.29 is 23.1 Å². The third-order valence-corrected chi connectivity index (χ3v) is 6.29. The van der Waals surface area contributed by atoms with Crippen molar-refractivity contribution in [3.05, 3.63) is 41.6 Å². The van der Waals surface area contributed by atoms with E-state index in [0.717, 1.165) is 19.3 Å². The number of anilines is 2. The molecule has 3 rings (SSSR count). The van der Waals surface area contributed by atoms with E-state index in [-0.39, 0.29) is 11.6 Å². The zero-order chi connectivity index (χ0) is 23.0. The number of amides is 1. The van der Waals surface area contributed by atoms with Gasteiger partial charge in [0.1, 0.15) is 5.56 Å². The van der Waals surface area contributed by atoms with Crippen molar-refractivity contribution in [2.75, 3.05) is 5.32 Å². The summed E-state index contributed by atoms with van der Waals surface area (Å²) < 4.78 is 40.7. The predicted octanol–water partition coefficient (Wildman–Crippen LogP) is 4.68. The summed E-state index contributed by atoms with van der Waals surface area (Å²) in [6, 6.07) is 6.40. The molecule has 9 heteroatoms. The molecule has 1 aromatic heterocycles. The van der Waals surface area contributed by atoms with Crippen LogP contribution in [0.15, 0.2) is 30.5 Å². The molecule has 0 radical (unpaired) electrons. The van der Waals surface area contributed by atoms with Crippen LogP contribution < -0.4 is 11.1 Å². The first-order valence-electron chi connectivity index (χ1n) is 10.4. The maximum Gasteiger partial charge on any atom is 0.415 e. The lowest BCUT2D eigenvalue weighted by molar-refractivity contribution is -0.221. The summed E-state index contributed by atoms with van der Waals surface area (Å²) in [6.45, 7) is 4.84. The average molecular weight is 438 g/mol. The van der Waals surface area contributed by atoms with Gasteiger partial charge in [-0.15, -0.1) is 0 Å². The van der Waals surface area contributed by atoms with Gasteiger partial charge in [-0.2, -0.15) is 18.3 Å². The smallest absolute Gasteiger partial charge is 0.383 e. The summed E-state index contributed by atoms with van der Waals surface area (Å²) in [6.07, 6.45) is -1.20. The zero-order valence-electron chi connectivity index (χ0n) is 17.9. The van der Waals surface area contributed by atoms with E-state index in [9.17, 15) is 23.1 Å². The van der Waals surface area contributed by atoms with Crippen molar-refractivity contribution in [2.24, 2.45) is 11.7 Å². The van der Waals surface area contributed by atoms with Crippen molar-refractivity contribution in [3.63, 3.8) is 0 Å². The molecule has 0 bridgehead atoms. The van der Waals surface area contributed by atoms with Gasteiger partial charge in [0.15, 0.2) is 11.9 Å². The fourth-order valence-electron chi connectivity index (χ4n) is 4.21. The molecule has 1 aliphatic rings. The van der Waals surface area contributed by atoms with Crippen LogP contribution in [0.5, 0.6) is 0 Å². The van der Waals surface area contributed by atoms with Crippen molar-refractivity contribution in [1.82, 2.24) is 9.78 Å². The van der Waals surface area contributed by atoms with Crippen molar-refractivity contribution in [1.29, 1.82) is 0 Å². The number of carbonyl (C=O) groups is 1. The highest BCUT2D eigenvalue weighted by Crippen LogP contribution is 2.37. The molecule has 31 heavy (non-hydrogen) atoms. The van der Waals surface area contributed by atoms with Crippen LogP contribution in [0.1, 0.15) is 68.4 Å². The first-order valence-corrected chi connectivity index (χ1v) is 10.4. The molecular formula is C22H29F3N4O2. The minimum Gasteiger partial charge on any atom is -0.383 e. The highest BCUT2D eigenvalue weighted by Gasteiger charge is 2.48. The zero-order valence-corrected chi connectivity index (χ0v) is 17.9. The van der Waals surface area contributed by atoms with E-state index < -0.39 is 23.6 Å². The number of nitrogens with one attached hydrogen (secondary N) is 1. The second kappa shape index (κ2) is 8.53. The largest absolute Gasteiger partial charge is 0.415 e. The summed E-state index contributed by atoms with van der Waals surface area (Å²) in [4.78, 5) is 11.9. The number of aromatic nitrogens is 2. The van der Waals surface area contributed by atoms with Gasteiger partial charge in [0.2, 0.25) is 0 Å². The van der Waals surface area contributed by atoms with Gasteiger partial charge < -0.3 is 16.2 Å². The number of hydrogen-bond acceptors (Lipinski definition) is 4. The molecule has 1 aliphatic carbocycles. The van der Waals surface area contributed by atoms with Crippen LogP contribution in [0.4, 0.5) is 24.7 Å². The molecule has 1 fully saturated rings. The highest BCUT2D eigenvalue weighted by atomic mass is 19.4. The monoisotopic (exact) mass is 438 g/mol. The number of alkyl halides is 3. The fraction of sp³-hybridized carbons (Fsp3) is 0.545. The van der Waals surface area contributed by atoms with Crippen molar-refractivity contribution in [3.8, 4) is 0 Å². The molecule has 3 atom stereocenters. The Morgan fingerprint density at radius 2 is 1.84 bits per heavy atom. The van der Waals surface area contributed by atoms with Crippen LogP contribution >= 0.6 is 0 Å². The maximum absolute atomic E-state index is 13.0. The quantitative estimate of drug-likeness (QED) is 0.611. The molecular weight excluding hydrogens is 409 g/mol. The molecule has 0 saturated heterocycles. The van der Waals surface area contributed by atoms with Crippen LogP contribution in [0.3, 0.4) is 0 Å². The lowest BCUT2D eigenvalue weighted by Crippen LogP contribution is -2.44. The van der Waals surface area contributed by atoms with Gasteiger partial charge in [0.05, 0.1) is 6.04 Å². The number of nitrogens with two attached hydrogens (primary N) is 1. The van der Waals surface area contributed by atoms with Gasteiger partial charge >= 0.3 is 6.18 Å². The number of aliphatic hydroxyl groups excluding tert-OH is 1. The summed E-state index contributed by atoms with van der Waals surface area (Å²) in [5.74, 6) is 0.139. The van der Waals surface area contributed by atoms with Gasteiger partial charge in [0.25, 0.3) is 5.91 Å². The van der Waals surface area contributed by atoms with E-state index in [2.05, 4.69) is 17.3 Å². The Hall–Kier alpha value is -2.55. The van der Waals surface area contributed by atoms with E-state index in [0.29, 0.717) is 23.0 Å². The molecule has 1 saturated carbocycles. The van der Waals surface area contributed by atoms with E-state index in [1.807, 2.05) is 0 Å². The molecule has 3 unspecified atom stereocenters. The minimum absolute atomic E-state index is 0.189. The molecule has 6 nitrogen and oxygen atoms in total. The molecule has 170 valence electrons. The van der Waals surface area contributed by atoms with E-state index in [4.69, 9.17) is 5.73 Å². The molecule has 1 amide bonds. The lowest BCUT2D eigenvalue weighted by Gasteiger charge is -2.32. The number of benzene rings is 1. The van der Waals surface area contributed by atoms with Crippen LogP contribution in [0, 0.1) is 5.92 Å². The first kappa shape index (κ1) is 23.1. The van der Waals surface area contributed by atoms with Gasteiger partial charge in [0, 0.05) is 17.3 Å². The Bertz CT molecular complexity index is 922. The number of hydrogen-bond donors (Lipinski definition) is 3. The minimum atomic E-state index is -4.72. The van der Waals surface area contributed by atoms with Crippen LogP contribution in [0.25, 0.3) is 0 Å². The number of rotatable bonds is 6. The Balaban J connectivity index is 1.83. The fourth-order valence-corrected chi connectivity index (χ4v) is 4.21. The molecule has 4 N–H and O–H groups in total. The first-order chi connectivity index (χ1) is 14.4. The summed E-state index contributed by atoms with van der Waals surface area (Å²) in [5.41, 5.74) is 5.15. The van der Waals surface area contributed by atoms with Crippen LogP contribution in [-0.2, 0) is 5.41 Å². The van der Waals surface area contributed by atoms with Crippen LogP contribution in [0.2, 0.25) is 0 Å². The number of primary amides is 1. The third kappa shape index (κ3) is 4.87. The van der Waals surface area contributed by atoms with Crippen molar-refractivity contribution in [2.45, 2.75) is 70.2 Å². The number of aliphatic hydroxyl groups is 1. The molecule has 0 spiro atoms. The second-order valence-corrected chi connectivity index (χ2v) is 8.93. The van der Waals surface area contributed by atoms with Crippen molar-refractivity contribution >= 4 is 17.4 Å². The molecule has 1 heterocycles. The maximum atomic E-state index is 13.0. The van der Waals surface area contributed by atoms with Crippen LogP contribution in [-0.4, -0.2) is 33.1 Å². The Morgan fingerprint density at radius 1 is 1.23 bits per heavy atom. The number of carbonyl (C=O) groups excluding carboxylic acids is 1. The van der Waals surface area contributed by atoms with Gasteiger partial charge in [-0.05, 0) is 36.5 Å². The SMILES string of the molecule is CC1CCCCC1n1cc(C(N)=O)c(Nc2ccc(C(C)(C)C(O)C(F)(F)F)cc2)n1. The average Bonchev–Trinajstić information content (AvgIpc) is 3.11. The normalized spacial score (nSPS) is 21.0. The molecule has 2 aromatic rings. The van der Waals surface area contributed by atoms with E-state index >= 15 is 0 Å². The van der Waals surface area contributed by atoms with Gasteiger partial charge in [-0.1, -0.05) is 45.7 Å². The Labute approximate surface area is 179 Å². The topological polar surface area (TPSA) is 93.2 Å². The van der Waals surface area contributed by atoms with Gasteiger partial charge in [-0.25, -0.2) is 0 Å². The molecule has 1 aromatic carbocycles. The lowest BCUT2D eigenvalue weighted by atomic mass is 9.79. The van der Waals surface area contributed by atoms with Gasteiger partial charge in [-0.3, -0.25) is 9.48 Å². The second-order valence-electron chi connectivity index (χ2n) is 8.93. The Morgan fingerprint density at radius 3 is 2.39 bits per heavy atom. The number of halogens is 3. The van der Waals surface area contributed by atoms with E-state index in [1.54, 1.807) is 23.0 Å². The number of nitrogens with zero attached hydrogens (tertiary/aromatic N) is 2. The third-order valence-electron chi connectivity index (χ3n) is 6.29.